The van der Waals surface area contributed by atoms with Gasteiger partial charge in [-0.15, -0.1) is 0 Å². The lowest BCUT2D eigenvalue weighted by atomic mass is 9.80. The first kappa shape index (κ1) is 27.4. The summed E-state index contributed by atoms with van der Waals surface area (Å²) in [6.45, 7) is 1.92. The molecule has 0 saturated carbocycles. The quantitative estimate of drug-likeness (QED) is 0.195. The van der Waals surface area contributed by atoms with Crippen LogP contribution in [0.25, 0.3) is 32.9 Å². The van der Waals surface area contributed by atoms with Crippen LogP contribution >= 0.6 is 11.6 Å². The van der Waals surface area contributed by atoms with E-state index in [4.69, 9.17) is 20.8 Å². The van der Waals surface area contributed by atoms with Crippen molar-refractivity contribution in [3.8, 4) is 34.1 Å². The van der Waals surface area contributed by atoms with E-state index in [1.54, 1.807) is 0 Å². The molecule has 4 aromatic rings. The van der Waals surface area contributed by atoms with Gasteiger partial charge in [0.05, 0.1) is 34.6 Å². The number of aromatic nitrogens is 1. The summed E-state index contributed by atoms with van der Waals surface area (Å²) in [4.78, 5) is 27.3. The number of hydrogen-bond acceptors (Lipinski definition) is 10. The van der Waals surface area contributed by atoms with Gasteiger partial charge in [0, 0.05) is 41.4 Å². The van der Waals surface area contributed by atoms with E-state index in [1.165, 1.54) is 18.7 Å². The second-order valence-corrected chi connectivity index (χ2v) is 11.0. The average Bonchev–Trinajstić information content (AvgIpc) is 2.94. The summed E-state index contributed by atoms with van der Waals surface area (Å²) < 4.78 is 12.8. The van der Waals surface area contributed by atoms with E-state index in [9.17, 15) is 40.2 Å². The second-order valence-electron chi connectivity index (χ2n) is 10.6. The van der Waals surface area contributed by atoms with Crippen molar-refractivity contribution >= 4 is 33.3 Å². The third kappa shape index (κ3) is 3.49. The van der Waals surface area contributed by atoms with Gasteiger partial charge >= 0.3 is 0 Å². The van der Waals surface area contributed by atoms with Crippen molar-refractivity contribution in [3.05, 3.63) is 53.7 Å². The van der Waals surface area contributed by atoms with Crippen molar-refractivity contribution < 1.29 is 39.8 Å². The zero-order valence-corrected chi connectivity index (χ0v) is 23.2. The smallest absolute Gasteiger partial charge is 0.262 e. The van der Waals surface area contributed by atoms with Crippen molar-refractivity contribution in [2.45, 2.75) is 57.3 Å². The lowest BCUT2D eigenvalue weighted by Gasteiger charge is -2.30. The number of halogens is 1. The first-order valence-electron chi connectivity index (χ1n) is 13.2. The Bertz CT molecular complexity index is 1930. The number of nitrogens with zero attached hydrogens (tertiary/aromatic N) is 1. The molecule has 41 heavy (non-hydrogen) atoms. The van der Waals surface area contributed by atoms with E-state index in [2.05, 4.69) is 0 Å². The third-order valence-corrected chi connectivity index (χ3v) is 8.78. The van der Waals surface area contributed by atoms with Crippen LogP contribution in [0.15, 0.2) is 14.0 Å². The number of aliphatic hydroxyl groups excluding tert-OH is 3. The molecule has 0 aliphatic heterocycles. The third-order valence-electron chi connectivity index (χ3n) is 8.37. The lowest BCUT2D eigenvalue weighted by Crippen LogP contribution is -2.33. The maximum Gasteiger partial charge on any atom is 0.262 e. The van der Waals surface area contributed by atoms with Crippen LogP contribution in [0.4, 0.5) is 0 Å². The van der Waals surface area contributed by atoms with Crippen LogP contribution in [0, 0.1) is 0 Å². The molecule has 2 heterocycles. The Kier molecular flexibility index (Phi) is 6.27. The molecule has 2 aromatic carbocycles. The number of benzene rings is 2. The van der Waals surface area contributed by atoms with Crippen molar-refractivity contribution in [3.63, 3.8) is 0 Å². The maximum absolute atomic E-state index is 13.7. The highest BCUT2D eigenvalue weighted by Gasteiger charge is 2.40. The number of rotatable bonds is 3. The molecule has 0 spiro atoms. The summed E-state index contributed by atoms with van der Waals surface area (Å²) in [5, 5.41) is 65.4. The van der Waals surface area contributed by atoms with Gasteiger partial charge in [-0.1, -0.05) is 24.9 Å². The first-order chi connectivity index (χ1) is 19.5. The second kappa shape index (κ2) is 9.38. The number of phenols is 3. The van der Waals surface area contributed by atoms with Crippen LogP contribution in [0.2, 0.25) is 5.02 Å². The molecule has 3 unspecified atom stereocenters. The van der Waals surface area contributed by atoms with Gasteiger partial charge < -0.3 is 44.4 Å². The Morgan fingerprint density at radius 2 is 1.66 bits per heavy atom. The monoisotopic (exact) mass is 585 g/mol. The summed E-state index contributed by atoms with van der Waals surface area (Å²) in [5.74, 6) is -1.80. The standard InChI is InChI=1S/C29H28ClNO10/c1-4-5-11-20(30)16-17(29(39)31(11)2)23(36)14-9(21(16)34)6-7-10-15(14)28-19(25(38)26(10)40-3)24(37)18-22(35)12(32)8-13(33)27(18)41-28/h12-13,22,32-36,38H,4-8H2,1-3H3. The summed E-state index contributed by atoms with van der Waals surface area (Å²) >= 11 is 6.71. The van der Waals surface area contributed by atoms with E-state index >= 15 is 0 Å². The molecule has 0 fully saturated rings. The van der Waals surface area contributed by atoms with Gasteiger partial charge in [-0.25, -0.2) is 0 Å². The fourth-order valence-electron chi connectivity index (χ4n) is 6.43. The molecule has 0 saturated heterocycles. The van der Waals surface area contributed by atoms with E-state index in [0.29, 0.717) is 24.1 Å². The molecular formula is C29H28ClNO10. The normalized spacial score (nSPS) is 19.7. The van der Waals surface area contributed by atoms with Crippen molar-refractivity contribution in [1.82, 2.24) is 4.57 Å². The topological polar surface area (TPSA) is 183 Å². The molecular weight excluding hydrogens is 558 g/mol. The van der Waals surface area contributed by atoms with Crippen LogP contribution < -0.4 is 15.7 Å². The van der Waals surface area contributed by atoms with Gasteiger partial charge in [0.25, 0.3) is 5.56 Å². The zero-order valence-electron chi connectivity index (χ0n) is 22.4. The minimum atomic E-state index is -1.69. The Balaban J connectivity index is 1.83. The molecule has 12 heteroatoms. The first-order valence-corrected chi connectivity index (χ1v) is 13.6. The molecule has 0 amide bonds. The van der Waals surface area contributed by atoms with Crippen LogP contribution in [0.1, 0.15) is 60.1 Å². The predicted molar refractivity (Wildman–Crippen MR) is 149 cm³/mol. The lowest BCUT2D eigenvalue weighted by molar-refractivity contribution is -0.0373. The minimum Gasteiger partial charge on any atom is -0.507 e. The fraction of sp³-hybridized carbons (Fsp3) is 0.379. The molecule has 2 aliphatic rings. The van der Waals surface area contributed by atoms with Gasteiger partial charge in [-0.3, -0.25) is 9.59 Å². The number of methoxy groups -OCH3 is 1. The van der Waals surface area contributed by atoms with Gasteiger partial charge in [0.15, 0.2) is 17.1 Å². The number of ether oxygens (including phenoxy) is 1. The van der Waals surface area contributed by atoms with Crippen LogP contribution in [-0.2, 0) is 26.3 Å². The minimum absolute atomic E-state index is 0.00931. The van der Waals surface area contributed by atoms with E-state index in [1.807, 2.05) is 6.92 Å². The van der Waals surface area contributed by atoms with Crippen LogP contribution in [-0.4, -0.2) is 48.4 Å². The summed E-state index contributed by atoms with van der Waals surface area (Å²) in [6.07, 6.45) is -3.45. The van der Waals surface area contributed by atoms with E-state index in [0.717, 1.165) is 0 Å². The number of phenolic OH excluding ortho intramolecular Hbond substituents is 3. The zero-order chi connectivity index (χ0) is 29.7. The Morgan fingerprint density at radius 3 is 2.32 bits per heavy atom. The van der Waals surface area contributed by atoms with E-state index in [-0.39, 0.29) is 74.6 Å². The Hall–Kier alpha value is -3.77. The van der Waals surface area contributed by atoms with Crippen LogP contribution in [0.5, 0.6) is 23.0 Å². The van der Waals surface area contributed by atoms with Gasteiger partial charge in [-0.2, -0.15) is 0 Å². The molecule has 11 nitrogen and oxygen atoms in total. The summed E-state index contributed by atoms with van der Waals surface area (Å²) in [6, 6.07) is 0. The van der Waals surface area contributed by atoms with Gasteiger partial charge in [0.2, 0.25) is 5.43 Å². The van der Waals surface area contributed by atoms with E-state index < -0.39 is 51.7 Å². The molecule has 0 bridgehead atoms. The average molecular weight is 586 g/mol. The Labute approximate surface area is 237 Å². The maximum atomic E-state index is 13.7. The molecule has 216 valence electrons. The Morgan fingerprint density at radius 1 is 0.976 bits per heavy atom. The van der Waals surface area contributed by atoms with Crippen LogP contribution in [0.3, 0.4) is 0 Å². The van der Waals surface area contributed by atoms with Crippen molar-refractivity contribution in [2.24, 2.45) is 7.05 Å². The van der Waals surface area contributed by atoms with Crippen molar-refractivity contribution in [1.29, 1.82) is 0 Å². The molecule has 0 radical (unpaired) electrons. The fourth-order valence-corrected chi connectivity index (χ4v) is 6.83. The molecule has 6 rings (SSSR count). The largest absolute Gasteiger partial charge is 0.507 e. The number of aromatic hydroxyl groups is 3. The summed E-state index contributed by atoms with van der Waals surface area (Å²) in [7, 11) is 2.80. The highest BCUT2D eigenvalue weighted by molar-refractivity contribution is 6.37. The highest BCUT2D eigenvalue weighted by Crippen LogP contribution is 2.55. The van der Waals surface area contributed by atoms with Crippen molar-refractivity contribution in [2.75, 3.05) is 7.11 Å². The molecule has 6 N–H and O–H groups in total. The number of hydrogen-bond donors (Lipinski definition) is 6. The molecule has 2 aliphatic carbocycles. The molecule has 3 atom stereocenters. The molecule has 2 aromatic heterocycles. The summed E-state index contributed by atoms with van der Waals surface area (Å²) in [5.41, 5.74) is -1.02. The van der Waals surface area contributed by atoms with Gasteiger partial charge in [0.1, 0.15) is 34.9 Å². The SMILES string of the molecule is CCCc1c(Cl)c2c(O)c3c(c(O)c2c(=O)n1C)-c1c(c(OC)c(O)c2c(=O)c4c(oc12)C(O)CC(O)C4O)CC3. The number of fused-ring (bicyclic) bond motifs is 7. The predicted octanol–water partition coefficient (Wildman–Crippen LogP) is 2.97. The van der Waals surface area contributed by atoms with Gasteiger partial charge in [-0.05, 0) is 19.3 Å². The number of aliphatic hydroxyl groups is 3. The number of pyridine rings is 1. The highest BCUT2D eigenvalue weighted by atomic mass is 35.5.